The van der Waals surface area contributed by atoms with E-state index in [1.54, 1.807) is 12.4 Å². The van der Waals surface area contributed by atoms with Gasteiger partial charge in [-0.25, -0.2) is 9.78 Å². The van der Waals surface area contributed by atoms with E-state index in [1.807, 2.05) is 0 Å². The molecule has 20 heavy (non-hydrogen) atoms. The number of hydrogen-bond donors (Lipinski definition) is 1. The van der Waals surface area contributed by atoms with Gasteiger partial charge in [-0.05, 0) is 52.2 Å². The van der Waals surface area contributed by atoms with Gasteiger partial charge in [-0.1, -0.05) is 0 Å². The minimum Gasteiger partial charge on any atom is -0.461 e. The van der Waals surface area contributed by atoms with E-state index >= 15 is 0 Å². The SMILES string of the molecule is CCOC(=O)c1ncsc1NCCC1CCN(C)CC1. The highest BCUT2D eigenvalue weighted by molar-refractivity contribution is 7.14. The zero-order valence-corrected chi connectivity index (χ0v) is 13.0. The first-order valence-corrected chi connectivity index (χ1v) is 8.11. The second-order valence-electron chi connectivity index (χ2n) is 5.21. The van der Waals surface area contributed by atoms with Crippen molar-refractivity contribution >= 4 is 22.3 Å². The first-order chi connectivity index (χ1) is 9.70. The number of carbonyl (C=O) groups is 1. The molecule has 1 aliphatic heterocycles. The molecule has 1 fully saturated rings. The van der Waals surface area contributed by atoms with Gasteiger partial charge in [-0.3, -0.25) is 0 Å². The Hall–Kier alpha value is -1.14. The zero-order chi connectivity index (χ0) is 14.4. The molecule has 1 aliphatic rings. The minimum atomic E-state index is -0.337. The highest BCUT2D eigenvalue weighted by atomic mass is 32.1. The highest BCUT2D eigenvalue weighted by Crippen LogP contribution is 2.23. The lowest BCUT2D eigenvalue weighted by Gasteiger charge is -2.28. The Labute approximate surface area is 124 Å². The van der Waals surface area contributed by atoms with Crippen molar-refractivity contribution in [2.75, 3.05) is 38.6 Å². The Balaban J connectivity index is 1.77. The Morgan fingerprint density at radius 1 is 1.55 bits per heavy atom. The van der Waals surface area contributed by atoms with Gasteiger partial charge in [-0.15, -0.1) is 11.3 Å². The van der Waals surface area contributed by atoms with Gasteiger partial charge in [0.2, 0.25) is 0 Å². The van der Waals surface area contributed by atoms with Crippen LogP contribution in [-0.4, -0.2) is 49.1 Å². The third-order valence-corrected chi connectivity index (χ3v) is 4.50. The molecule has 2 heterocycles. The predicted octanol–water partition coefficient (Wildman–Crippen LogP) is 2.46. The van der Waals surface area contributed by atoms with Crippen molar-refractivity contribution in [2.45, 2.75) is 26.2 Å². The van der Waals surface area contributed by atoms with Crippen molar-refractivity contribution < 1.29 is 9.53 Å². The fourth-order valence-corrected chi connectivity index (χ4v) is 3.15. The fourth-order valence-electron chi connectivity index (χ4n) is 2.46. The molecule has 0 aromatic carbocycles. The maximum absolute atomic E-state index is 11.7. The summed E-state index contributed by atoms with van der Waals surface area (Å²) in [6.45, 7) is 5.46. The topological polar surface area (TPSA) is 54.5 Å². The number of nitrogens with one attached hydrogen (secondary N) is 1. The molecule has 0 aliphatic carbocycles. The van der Waals surface area contributed by atoms with Crippen molar-refractivity contribution in [2.24, 2.45) is 5.92 Å². The first kappa shape index (κ1) is 15.3. The summed E-state index contributed by atoms with van der Waals surface area (Å²) < 4.78 is 4.99. The molecule has 112 valence electrons. The quantitative estimate of drug-likeness (QED) is 0.818. The van der Waals surface area contributed by atoms with E-state index in [9.17, 15) is 4.79 Å². The monoisotopic (exact) mass is 297 g/mol. The van der Waals surface area contributed by atoms with Crippen LogP contribution in [0.25, 0.3) is 0 Å². The lowest BCUT2D eigenvalue weighted by molar-refractivity contribution is 0.0521. The molecule has 6 heteroatoms. The number of carbonyl (C=O) groups excluding carboxylic acids is 1. The molecule has 0 spiro atoms. The van der Waals surface area contributed by atoms with Crippen molar-refractivity contribution in [1.29, 1.82) is 0 Å². The van der Waals surface area contributed by atoms with Crippen molar-refractivity contribution in [3.8, 4) is 0 Å². The summed E-state index contributed by atoms with van der Waals surface area (Å²) in [6, 6.07) is 0. The van der Waals surface area contributed by atoms with E-state index in [4.69, 9.17) is 4.74 Å². The Morgan fingerprint density at radius 3 is 3.00 bits per heavy atom. The van der Waals surface area contributed by atoms with E-state index in [2.05, 4.69) is 22.2 Å². The number of anilines is 1. The fraction of sp³-hybridized carbons (Fsp3) is 0.714. The summed E-state index contributed by atoms with van der Waals surface area (Å²) in [6.07, 6.45) is 3.69. The van der Waals surface area contributed by atoms with Crippen LogP contribution in [0.15, 0.2) is 5.51 Å². The number of aromatic nitrogens is 1. The van der Waals surface area contributed by atoms with Gasteiger partial charge < -0.3 is 15.0 Å². The third-order valence-electron chi connectivity index (χ3n) is 3.71. The van der Waals surface area contributed by atoms with E-state index in [0.717, 1.165) is 23.9 Å². The standard InChI is InChI=1S/C14H23N3O2S/c1-3-19-14(18)12-13(20-10-16-12)15-7-4-11-5-8-17(2)9-6-11/h10-11,15H,3-9H2,1-2H3. The van der Waals surface area contributed by atoms with Crippen molar-refractivity contribution in [3.05, 3.63) is 11.2 Å². The summed E-state index contributed by atoms with van der Waals surface area (Å²) in [4.78, 5) is 18.2. The number of piperidine rings is 1. The van der Waals surface area contributed by atoms with Gasteiger partial charge in [0.15, 0.2) is 5.69 Å². The van der Waals surface area contributed by atoms with Gasteiger partial charge in [0.05, 0.1) is 12.1 Å². The molecule has 1 N–H and O–H groups in total. The number of nitrogens with zero attached hydrogens (tertiary/aromatic N) is 2. The average Bonchev–Trinajstić information content (AvgIpc) is 2.90. The molecule has 2 rings (SSSR count). The van der Waals surface area contributed by atoms with E-state index in [1.165, 1.54) is 37.3 Å². The third kappa shape index (κ3) is 4.18. The molecule has 5 nitrogen and oxygen atoms in total. The molecule has 1 saturated heterocycles. The van der Waals surface area contributed by atoms with Crippen LogP contribution in [0.2, 0.25) is 0 Å². The van der Waals surface area contributed by atoms with Crippen LogP contribution in [0.4, 0.5) is 5.00 Å². The van der Waals surface area contributed by atoms with Gasteiger partial charge in [0.25, 0.3) is 0 Å². The van der Waals surface area contributed by atoms with Crippen molar-refractivity contribution in [3.63, 3.8) is 0 Å². The maximum Gasteiger partial charge on any atom is 0.360 e. The summed E-state index contributed by atoms with van der Waals surface area (Å²) in [5.74, 6) is 0.452. The Morgan fingerprint density at radius 2 is 2.30 bits per heavy atom. The molecule has 0 unspecified atom stereocenters. The molecule has 0 radical (unpaired) electrons. The normalized spacial score (nSPS) is 17.1. The highest BCUT2D eigenvalue weighted by Gasteiger charge is 2.18. The number of esters is 1. The van der Waals surface area contributed by atoms with Gasteiger partial charge >= 0.3 is 5.97 Å². The van der Waals surface area contributed by atoms with Crippen LogP contribution in [0.3, 0.4) is 0 Å². The maximum atomic E-state index is 11.7. The second-order valence-corrected chi connectivity index (χ2v) is 6.07. The van der Waals surface area contributed by atoms with Crippen LogP contribution in [0.1, 0.15) is 36.7 Å². The summed E-state index contributed by atoms with van der Waals surface area (Å²) in [7, 11) is 2.18. The lowest BCUT2D eigenvalue weighted by Crippen LogP contribution is -2.30. The first-order valence-electron chi connectivity index (χ1n) is 7.23. The van der Waals surface area contributed by atoms with Gasteiger partial charge in [0, 0.05) is 6.54 Å². The summed E-state index contributed by atoms with van der Waals surface area (Å²) >= 11 is 1.46. The van der Waals surface area contributed by atoms with E-state index in [-0.39, 0.29) is 5.97 Å². The molecular formula is C14H23N3O2S. The van der Waals surface area contributed by atoms with Crippen LogP contribution >= 0.6 is 11.3 Å². The van der Waals surface area contributed by atoms with Crippen LogP contribution < -0.4 is 5.32 Å². The number of hydrogen-bond acceptors (Lipinski definition) is 6. The molecule has 0 atom stereocenters. The molecule has 0 bridgehead atoms. The van der Waals surface area contributed by atoms with Gasteiger partial charge in [-0.2, -0.15) is 0 Å². The largest absolute Gasteiger partial charge is 0.461 e. The number of rotatable bonds is 6. The second kappa shape index (κ2) is 7.59. The van der Waals surface area contributed by atoms with Gasteiger partial charge in [0.1, 0.15) is 5.00 Å². The Kier molecular flexibility index (Phi) is 5.79. The summed E-state index contributed by atoms with van der Waals surface area (Å²) in [5, 5.41) is 4.16. The minimum absolute atomic E-state index is 0.337. The smallest absolute Gasteiger partial charge is 0.360 e. The Bertz CT molecular complexity index is 428. The summed E-state index contributed by atoms with van der Waals surface area (Å²) in [5.41, 5.74) is 2.10. The molecular weight excluding hydrogens is 274 g/mol. The van der Waals surface area contributed by atoms with Crippen LogP contribution in [0.5, 0.6) is 0 Å². The predicted molar refractivity (Wildman–Crippen MR) is 81.4 cm³/mol. The lowest BCUT2D eigenvalue weighted by atomic mass is 9.94. The number of ether oxygens (including phenoxy) is 1. The van der Waals surface area contributed by atoms with E-state index in [0.29, 0.717) is 12.3 Å². The van der Waals surface area contributed by atoms with Crippen LogP contribution in [-0.2, 0) is 4.74 Å². The average molecular weight is 297 g/mol. The van der Waals surface area contributed by atoms with E-state index < -0.39 is 0 Å². The zero-order valence-electron chi connectivity index (χ0n) is 12.2. The molecule has 0 amide bonds. The molecule has 0 saturated carbocycles. The van der Waals surface area contributed by atoms with Crippen LogP contribution in [0, 0.1) is 5.92 Å². The number of thiazole rings is 1. The number of likely N-dealkylation sites (tertiary alicyclic amines) is 1. The molecule has 1 aromatic heterocycles. The molecule has 1 aromatic rings. The van der Waals surface area contributed by atoms with Crippen molar-refractivity contribution in [1.82, 2.24) is 9.88 Å².